The summed E-state index contributed by atoms with van der Waals surface area (Å²) in [4.78, 5) is 11.1. The van der Waals surface area contributed by atoms with Crippen molar-refractivity contribution in [1.29, 1.82) is 0 Å². The van der Waals surface area contributed by atoms with Crippen molar-refractivity contribution in [2.75, 3.05) is 0 Å². The molecule has 5 atom stereocenters. The highest BCUT2D eigenvalue weighted by Gasteiger charge is 2.50. The van der Waals surface area contributed by atoms with Crippen molar-refractivity contribution < 1.29 is 9.90 Å². The first kappa shape index (κ1) is 12.7. The van der Waals surface area contributed by atoms with Gasteiger partial charge in [-0.2, -0.15) is 0 Å². The van der Waals surface area contributed by atoms with Crippen LogP contribution in [0, 0.1) is 29.1 Å². The smallest absolute Gasteiger partial charge is 0.303 e. The topological polar surface area (TPSA) is 37.3 Å². The number of aliphatic carboxylic acids is 1. The van der Waals surface area contributed by atoms with Crippen LogP contribution in [0.25, 0.3) is 0 Å². The van der Waals surface area contributed by atoms with E-state index in [9.17, 15) is 4.79 Å². The molecule has 96 valence electrons. The van der Waals surface area contributed by atoms with E-state index >= 15 is 0 Å². The van der Waals surface area contributed by atoms with Crippen molar-refractivity contribution in [3.05, 3.63) is 12.2 Å². The Morgan fingerprint density at radius 2 is 2.12 bits per heavy atom. The molecule has 2 rings (SSSR count). The fourth-order valence-electron chi connectivity index (χ4n) is 4.26. The van der Waals surface area contributed by atoms with E-state index in [-0.39, 0.29) is 5.41 Å². The molecule has 0 heterocycles. The van der Waals surface area contributed by atoms with Crippen molar-refractivity contribution in [1.82, 2.24) is 0 Å². The molecule has 0 amide bonds. The Morgan fingerprint density at radius 3 is 2.76 bits per heavy atom. The number of rotatable bonds is 2. The number of carbonyl (C=O) groups is 1. The van der Waals surface area contributed by atoms with E-state index in [4.69, 9.17) is 5.11 Å². The molecule has 0 aromatic rings. The molecule has 1 fully saturated rings. The lowest BCUT2D eigenvalue weighted by Gasteiger charge is -2.54. The average molecular weight is 236 g/mol. The molecule has 0 saturated heterocycles. The van der Waals surface area contributed by atoms with Crippen LogP contribution in [0.4, 0.5) is 0 Å². The van der Waals surface area contributed by atoms with E-state index in [0.717, 1.165) is 18.8 Å². The third-order valence-electron chi connectivity index (χ3n) is 5.55. The molecule has 2 heteroatoms. The van der Waals surface area contributed by atoms with Crippen molar-refractivity contribution in [3.8, 4) is 0 Å². The zero-order valence-electron chi connectivity index (χ0n) is 11.1. The van der Waals surface area contributed by atoms with Gasteiger partial charge < -0.3 is 5.11 Å². The van der Waals surface area contributed by atoms with Gasteiger partial charge in [0, 0.05) is 6.42 Å². The van der Waals surface area contributed by atoms with Crippen LogP contribution in [0.1, 0.15) is 46.5 Å². The molecule has 0 aromatic heterocycles. The lowest BCUT2D eigenvalue weighted by Crippen LogP contribution is -2.48. The minimum Gasteiger partial charge on any atom is -0.481 e. The van der Waals surface area contributed by atoms with Crippen molar-refractivity contribution in [2.45, 2.75) is 46.5 Å². The van der Waals surface area contributed by atoms with Gasteiger partial charge in [-0.15, -0.1) is 0 Å². The van der Waals surface area contributed by atoms with Crippen LogP contribution in [0.15, 0.2) is 12.2 Å². The zero-order valence-corrected chi connectivity index (χ0v) is 11.1. The Kier molecular flexibility index (Phi) is 3.33. The monoisotopic (exact) mass is 236 g/mol. The first-order valence-electron chi connectivity index (χ1n) is 6.84. The summed E-state index contributed by atoms with van der Waals surface area (Å²) in [6, 6.07) is 0. The van der Waals surface area contributed by atoms with Crippen LogP contribution < -0.4 is 0 Å². The fourth-order valence-corrected chi connectivity index (χ4v) is 4.26. The summed E-state index contributed by atoms with van der Waals surface area (Å²) < 4.78 is 0. The van der Waals surface area contributed by atoms with E-state index in [2.05, 4.69) is 32.9 Å². The normalized spacial score (nSPS) is 45.4. The van der Waals surface area contributed by atoms with Gasteiger partial charge in [0.2, 0.25) is 0 Å². The Balaban J connectivity index is 2.30. The number of carboxylic acids is 1. The molecule has 2 aliphatic carbocycles. The Hall–Kier alpha value is -0.790. The summed E-state index contributed by atoms with van der Waals surface area (Å²) in [6.07, 6.45) is 8.35. The van der Waals surface area contributed by atoms with E-state index in [0.29, 0.717) is 24.2 Å². The highest BCUT2D eigenvalue weighted by atomic mass is 16.4. The second-order valence-electron chi connectivity index (χ2n) is 6.27. The number of fused-ring (bicyclic) bond motifs is 1. The van der Waals surface area contributed by atoms with Gasteiger partial charge in [-0.05, 0) is 41.9 Å². The predicted octanol–water partition coefficient (Wildman–Crippen LogP) is 3.73. The highest BCUT2D eigenvalue weighted by Crippen LogP contribution is 2.57. The van der Waals surface area contributed by atoms with E-state index in [1.165, 1.54) is 6.42 Å². The maximum absolute atomic E-state index is 11.1. The van der Waals surface area contributed by atoms with Gasteiger partial charge in [0.1, 0.15) is 0 Å². The van der Waals surface area contributed by atoms with Gasteiger partial charge in [-0.25, -0.2) is 0 Å². The molecule has 17 heavy (non-hydrogen) atoms. The number of hydrogen-bond acceptors (Lipinski definition) is 1. The maximum Gasteiger partial charge on any atom is 0.303 e. The van der Waals surface area contributed by atoms with Crippen LogP contribution in [-0.4, -0.2) is 11.1 Å². The Labute approximate surface area is 104 Å². The lowest BCUT2D eigenvalue weighted by atomic mass is 9.50. The summed E-state index contributed by atoms with van der Waals surface area (Å²) in [7, 11) is 0. The molecule has 2 aliphatic rings. The number of allylic oxidation sites excluding steroid dienone is 2. The third-order valence-corrected chi connectivity index (χ3v) is 5.55. The average Bonchev–Trinajstić information content (AvgIpc) is 2.25. The van der Waals surface area contributed by atoms with Crippen LogP contribution in [0.2, 0.25) is 0 Å². The van der Waals surface area contributed by atoms with Gasteiger partial charge in [0.05, 0.1) is 0 Å². The van der Waals surface area contributed by atoms with Crippen molar-refractivity contribution >= 4 is 5.97 Å². The minimum atomic E-state index is -0.633. The molecule has 0 radical (unpaired) electrons. The SMILES string of the molecule is CC1CCC(CC(=O)O)C2(C)C(C)C=CCC12. The molecule has 0 aliphatic heterocycles. The lowest BCUT2D eigenvalue weighted by molar-refractivity contribution is -0.142. The van der Waals surface area contributed by atoms with Crippen LogP contribution >= 0.6 is 0 Å². The molecule has 0 spiro atoms. The van der Waals surface area contributed by atoms with E-state index < -0.39 is 5.97 Å². The van der Waals surface area contributed by atoms with Crippen molar-refractivity contribution in [2.24, 2.45) is 29.1 Å². The first-order chi connectivity index (χ1) is 7.96. The minimum absolute atomic E-state index is 0.185. The van der Waals surface area contributed by atoms with Gasteiger partial charge in [-0.1, -0.05) is 39.3 Å². The Bertz CT molecular complexity index is 334. The molecule has 0 aromatic carbocycles. The third kappa shape index (κ3) is 2.02. The predicted molar refractivity (Wildman–Crippen MR) is 68.7 cm³/mol. The molecule has 1 N–H and O–H groups in total. The Morgan fingerprint density at radius 1 is 1.41 bits per heavy atom. The first-order valence-corrected chi connectivity index (χ1v) is 6.84. The quantitative estimate of drug-likeness (QED) is 0.742. The van der Waals surface area contributed by atoms with E-state index in [1.807, 2.05) is 0 Å². The summed E-state index contributed by atoms with van der Waals surface area (Å²) in [5.74, 6) is 1.62. The summed E-state index contributed by atoms with van der Waals surface area (Å²) in [5.41, 5.74) is 0.185. The van der Waals surface area contributed by atoms with Crippen LogP contribution in [0.5, 0.6) is 0 Å². The fraction of sp³-hybridized carbons (Fsp3) is 0.800. The van der Waals surface area contributed by atoms with Gasteiger partial charge in [0.25, 0.3) is 0 Å². The van der Waals surface area contributed by atoms with Crippen LogP contribution in [-0.2, 0) is 4.79 Å². The van der Waals surface area contributed by atoms with E-state index in [1.54, 1.807) is 0 Å². The van der Waals surface area contributed by atoms with Crippen LogP contribution in [0.3, 0.4) is 0 Å². The standard InChI is InChI=1S/C15H24O2/c1-10-7-8-12(9-14(16)17)15(3)11(2)5-4-6-13(10)15/h4-5,10-13H,6-9H2,1-3H3,(H,16,17). The summed E-state index contributed by atoms with van der Waals surface area (Å²) in [6.45, 7) is 6.93. The van der Waals surface area contributed by atoms with Gasteiger partial charge in [0.15, 0.2) is 0 Å². The molecular formula is C15H24O2. The molecule has 2 nitrogen and oxygen atoms in total. The van der Waals surface area contributed by atoms with Crippen molar-refractivity contribution in [3.63, 3.8) is 0 Å². The van der Waals surface area contributed by atoms with Gasteiger partial charge in [-0.3, -0.25) is 4.79 Å². The number of hydrogen-bond donors (Lipinski definition) is 1. The largest absolute Gasteiger partial charge is 0.481 e. The highest BCUT2D eigenvalue weighted by molar-refractivity contribution is 5.67. The maximum atomic E-state index is 11.1. The number of carboxylic acid groups (broad SMARTS) is 1. The van der Waals surface area contributed by atoms with Gasteiger partial charge >= 0.3 is 5.97 Å². The molecule has 5 unspecified atom stereocenters. The molecular weight excluding hydrogens is 212 g/mol. The zero-order chi connectivity index (χ0) is 12.6. The summed E-state index contributed by atoms with van der Waals surface area (Å²) in [5, 5.41) is 9.10. The summed E-state index contributed by atoms with van der Waals surface area (Å²) >= 11 is 0. The molecule has 1 saturated carbocycles. The second-order valence-corrected chi connectivity index (χ2v) is 6.27. The molecule has 0 bridgehead atoms. The second kappa shape index (κ2) is 4.47.